The van der Waals surface area contributed by atoms with Crippen LogP contribution in [0.1, 0.15) is 30.6 Å². The summed E-state index contributed by atoms with van der Waals surface area (Å²) in [5.74, 6) is -0.974. The Labute approximate surface area is 213 Å². The van der Waals surface area contributed by atoms with Crippen molar-refractivity contribution in [1.82, 2.24) is 5.32 Å². The lowest BCUT2D eigenvalue weighted by molar-refractivity contribution is -0.117. The van der Waals surface area contributed by atoms with E-state index in [4.69, 9.17) is 22.1 Å². The Kier molecular flexibility index (Phi) is 9.47. The highest BCUT2D eigenvalue weighted by Gasteiger charge is 2.38. The molecule has 0 radical (unpaired) electrons. The van der Waals surface area contributed by atoms with E-state index in [1.54, 1.807) is 48.5 Å². The van der Waals surface area contributed by atoms with Crippen molar-refractivity contribution in [2.45, 2.75) is 25.5 Å². The molecule has 0 saturated carbocycles. The summed E-state index contributed by atoms with van der Waals surface area (Å²) in [5, 5.41) is 5.42. The van der Waals surface area contributed by atoms with Crippen LogP contribution >= 0.6 is 23.4 Å². The molecule has 0 fully saturated rings. The van der Waals surface area contributed by atoms with E-state index in [1.807, 2.05) is 6.92 Å². The van der Waals surface area contributed by atoms with Crippen LogP contribution < -0.4 is 16.4 Å². The lowest BCUT2D eigenvalue weighted by Gasteiger charge is -2.12. The third kappa shape index (κ3) is 6.94. The van der Waals surface area contributed by atoms with Crippen molar-refractivity contribution in [3.05, 3.63) is 70.4 Å². The minimum absolute atomic E-state index is 0.100. The van der Waals surface area contributed by atoms with Crippen molar-refractivity contribution < 1.29 is 19.1 Å². The zero-order valence-electron chi connectivity index (χ0n) is 19.5. The van der Waals surface area contributed by atoms with Gasteiger partial charge in [-0.05, 0) is 44.5 Å². The molecule has 0 spiro atoms. The number of ketones is 1. The van der Waals surface area contributed by atoms with Gasteiger partial charge in [0.2, 0.25) is 5.91 Å². The van der Waals surface area contributed by atoms with Crippen LogP contribution in [0.2, 0.25) is 5.02 Å². The van der Waals surface area contributed by atoms with Gasteiger partial charge in [0.05, 0.1) is 16.3 Å². The average Bonchev–Trinajstić information content (AvgIpc) is 3.16. The number of nitrogens with two attached hydrogens (primary N) is 1. The number of ether oxygens (including phenoxy) is 1. The highest BCUT2D eigenvalue weighted by atomic mass is 35.5. The average molecular weight is 515 g/mol. The summed E-state index contributed by atoms with van der Waals surface area (Å²) >= 11 is 7.33. The van der Waals surface area contributed by atoms with Crippen LogP contribution in [0.25, 0.3) is 0 Å². The van der Waals surface area contributed by atoms with E-state index in [0.29, 0.717) is 53.2 Å². The molecule has 1 aliphatic heterocycles. The second-order valence-electron chi connectivity index (χ2n) is 7.63. The molecule has 2 amide bonds. The quantitative estimate of drug-likeness (QED) is 0.324. The zero-order valence-corrected chi connectivity index (χ0v) is 21.0. The van der Waals surface area contributed by atoms with E-state index >= 15 is 0 Å². The second kappa shape index (κ2) is 12.5. The fourth-order valence-corrected chi connectivity index (χ4v) is 4.57. The summed E-state index contributed by atoms with van der Waals surface area (Å²) < 4.78 is 5.30. The van der Waals surface area contributed by atoms with Gasteiger partial charge in [-0.3, -0.25) is 14.4 Å². The standard InChI is InChI=1S/C25H27ClN4O4S/c1-3-34-13-7-12-28-23(32)20-21(27)22(35-25(20)30-19-11-5-4-10-18(19)26)24(33)29-17-9-6-8-16(14-17)15(2)31/h4-6,8-11,14,22H,3,7,12-13,27H2,1-2H3,(H,28,32)(H,29,33). The number of carbonyl (C=O) groups excluding carboxylic acids is 3. The van der Waals surface area contributed by atoms with E-state index < -0.39 is 17.1 Å². The SMILES string of the molecule is CCOCCCNC(=O)C1=C(N)C(C(=O)Nc2cccc(C(C)=O)c2)SC1=Nc1ccccc1Cl. The van der Waals surface area contributed by atoms with Gasteiger partial charge in [0.15, 0.2) is 5.78 Å². The molecule has 0 saturated heterocycles. The highest BCUT2D eigenvalue weighted by Crippen LogP contribution is 2.36. The van der Waals surface area contributed by atoms with Crippen molar-refractivity contribution in [2.75, 3.05) is 25.1 Å². The highest BCUT2D eigenvalue weighted by molar-refractivity contribution is 8.16. The Morgan fingerprint density at radius 2 is 1.94 bits per heavy atom. The summed E-state index contributed by atoms with van der Waals surface area (Å²) in [5.41, 5.74) is 7.96. The summed E-state index contributed by atoms with van der Waals surface area (Å²) in [6, 6.07) is 13.6. The lowest BCUT2D eigenvalue weighted by atomic mass is 10.1. The molecule has 184 valence electrons. The van der Waals surface area contributed by atoms with Crippen molar-refractivity contribution in [3.8, 4) is 0 Å². The lowest BCUT2D eigenvalue weighted by Crippen LogP contribution is -2.32. The second-order valence-corrected chi connectivity index (χ2v) is 9.13. The fraction of sp³-hybridized carbons (Fsp3) is 0.280. The van der Waals surface area contributed by atoms with Crippen LogP contribution in [0.15, 0.2) is 64.8 Å². The molecule has 8 nitrogen and oxygen atoms in total. The van der Waals surface area contributed by atoms with Gasteiger partial charge in [-0.2, -0.15) is 0 Å². The molecule has 4 N–H and O–H groups in total. The number of para-hydroxylation sites is 1. The Balaban J connectivity index is 1.86. The number of anilines is 1. The normalized spacial score (nSPS) is 16.4. The maximum atomic E-state index is 13.1. The topological polar surface area (TPSA) is 123 Å². The predicted molar refractivity (Wildman–Crippen MR) is 140 cm³/mol. The van der Waals surface area contributed by atoms with Crippen LogP contribution in [0.3, 0.4) is 0 Å². The van der Waals surface area contributed by atoms with Crippen LogP contribution in [0.4, 0.5) is 11.4 Å². The van der Waals surface area contributed by atoms with Crippen molar-refractivity contribution in [2.24, 2.45) is 10.7 Å². The van der Waals surface area contributed by atoms with Crippen LogP contribution in [-0.4, -0.2) is 47.6 Å². The summed E-state index contributed by atoms with van der Waals surface area (Å²) in [6.45, 7) is 4.85. The predicted octanol–water partition coefficient (Wildman–Crippen LogP) is 4.08. The molecule has 1 aliphatic rings. The number of Topliss-reactive ketones (excluding diaryl/α,β-unsaturated/α-hetero) is 1. The van der Waals surface area contributed by atoms with Gasteiger partial charge in [-0.25, -0.2) is 4.99 Å². The van der Waals surface area contributed by atoms with Crippen LogP contribution in [0.5, 0.6) is 0 Å². The van der Waals surface area contributed by atoms with E-state index in [-0.39, 0.29) is 17.1 Å². The number of nitrogens with zero attached hydrogens (tertiary/aromatic N) is 1. The smallest absolute Gasteiger partial charge is 0.255 e. The summed E-state index contributed by atoms with van der Waals surface area (Å²) in [7, 11) is 0. The number of amides is 2. The zero-order chi connectivity index (χ0) is 25.4. The number of aliphatic imine (C=N–C) groups is 1. The summed E-state index contributed by atoms with van der Waals surface area (Å²) in [6.07, 6.45) is 0.632. The van der Waals surface area contributed by atoms with E-state index in [2.05, 4.69) is 15.6 Å². The fourth-order valence-electron chi connectivity index (χ4n) is 3.28. The molecule has 1 heterocycles. The molecule has 1 atom stereocenters. The number of carbonyl (C=O) groups is 3. The summed E-state index contributed by atoms with van der Waals surface area (Å²) in [4.78, 5) is 42.4. The Bertz CT molecular complexity index is 1180. The maximum absolute atomic E-state index is 13.1. The monoisotopic (exact) mass is 514 g/mol. The van der Waals surface area contributed by atoms with Gasteiger partial charge in [-0.15, -0.1) is 0 Å². The molecule has 0 aromatic heterocycles. The third-order valence-electron chi connectivity index (χ3n) is 5.05. The Hall–Kier alpha value is -3.14. The number of hydrogen-bond donors (Lipinski definition) is 3. The molecular formula is C25H27ClN4O4S. The molecule has 35 heavy (non-hydrogen) atoms. The first-order chi connectivity index (χ1) is 16.8. The van der Waals surface area contributed by atoms with E-state index in [9.17, 15) is 14.4 Å². The van der Waals surface area contributed by atoms with Crippen molar-refractivity contribution >= 4 is 57.4 Å². The van der Waals surface area contributed by atoms with Crippen LogP contribution in [-0.2, 0) is 14.3 Å². The molecule has 10 heteroatoms. The maximum Gasteiger partial charge on any atom is 0.255 e. The number of rotatable bonds is 10. The number of benzene rings is 2. The first kappa shape index (κ1) is 26.5. The number of hydrogen-bond acceptors (Lipinski definition) is 7. The van der Waals surface area contributed by atoms with Crippen molar-refractivity contribution in [1.29, 1.82) is 0 Å². The largest absolute Gasteiger partial charge is 0.400 e. The molecule has 2 aromatic rings. The molecule has 3 rings (SSSR count). The molecule has 0 aliphatic carbocycles. The Morgan fingerprint density at radius 1 is 1.17 bits per heavy atom. The first-order valence-electron chi connectivity index (χ1n) is 11.1. The van der Waals surface area contributed by atoms with E-state index in [1.165, 1.54) is 6.92 Å². The van der Waals surface area contributed by atoms with Gasteiger partial charge >= 0.3 is 0 Å². The van der Waals surface area contributed by atoms with Crippen LogP contribution in [0, 0.1) is 0 Å². The van der Waals surface area contributed by atoms with Gasteiger partial charge in [-0.1, -0.05) is 47.6 Å². The van der Waals surface area contributed by atoms with Crippen molar-refractivity contribution in [3.63, 3.8) is 0 Å². The first-order valence-corrected chi connectivity index (χ1v) is 12.3. The molecule has 2 aromatic carbocycles. The minimum atomic E-state index is -0.888. The molecule has 0 bridgehead atoms. The minimum Gasteiger partial charge on any atom is -0.400 e. The third-order valence-corrected chi connectivity index (χ3v) is 6.59. The van der Waals surface area contributed by atoms with Gasteiger partial charge in [0.25, 0.3) is 5.91 Å². The van der Waals surface area contributed by atoms with Gasteiger partial charge in [0, 0.05) is 36.7 Å². The Morgan fingerprint density at radius 3 is 2.66 bits per heavy atom. The van der Waals surface area contributed by atoms with Gasteiger partial charge < -0.3 is 21.1 Å². The van der Waals surface area contributed by atoms with E-state index in [0.717, 1.165) is 11.8 Å². The van der Waals surface area contributed by atoms with Gasteiger partial charge in [0.1, 0.15) is 10.3 Å². The number of thioether (sulfide) groups is 1. The number of nitrogens with one attached hydrogen (secondary N) is 2. The number of halogens is 1. The molecule has 1 unspecified atom stereocenters. The molecular weight excluding hydrogens is 488 g/mol.